The van der Waals surface area contributed by atoms with Crippen LogP contribution in [0.4, 0.5) is 10.1 Å². The number of carbonyl (C=O) groups is 1. The first kappa shape index (κ1) is 15.7. The number of benzene rings is 1. The van der Waals surface area contributed by atoms with E-state index in [-0.39, 0.29) is 17.5 Å². The number of carbonyl (C=O) groups excluding carboxylic acids is 1. The Labute approximate surface area is 126 Å². The van der Waals surface area contributed by atoms with Crippen LogP contribution in [0.1, 0.15) is 36.0 Å². The summed E-state index contributed by atoms with van der Waals surface area (Å²) in [6, 6.07) is 3.03. The first-order chi connectivity index (χ1) is 10.0. The molecule has 0 heterocycles. The van der Waals surface area contributed by atoms with Gasteiger partial charge in [-0.15, -0.1) is 11.6 Å². The van der Waals surface area contributed by atoms with Crippen molar-refractivity contribution < 1.29 is 14.1 Å². The van der Waals surface area contributed by atoms with Gasteiger partial charge in [-0.05, 0) is 18.9 Å². The van der Waals surface area contributed by atoms with Crippen molar-refractivity contribution in [2.45, 2.75) is 31.7 Å². The molecule has 1 aromatic rings. The molecule has 1 aromatic carbocycles. The van der Waals surface area contributed by atoms with Gasteiger partial charge in [-0.25, -0.2) is 4.39 Å². The summed E-state index contributed by atoms with van der Waals surface area (Å²) in [5.41, 5.74) is -0.422. The second-order valence-corrected chi connectivity index (χ2v) is 5.46. The molecule has 0 N–H and O–H groups in total. The van der Waals surface area contributed by atoms with Crippen LogP contribution in [0.5, 0.6) is 0 Å². The molecule has 1 aliphatic carbocycles. The molecule has 0 spiro atoms. The van der Waals surface area contributed by atoms with Crippen molar-refractivity contribution in [3.63, 3.8) is 0 Å². The Bertz CT molecular complexity index is 547. The highest BCUT2D eigenvalue weighted by molar-refractivity contribution is 6.18. The number of hydrogen-bond donors (Lipinski definition) is 0. The van der Waals surface area contributed by atoms with E-state index in [2.05, 4.69) is 0 Å². The van der Waals surface area contributed by atoms with Gasteiger partial charge in [0.05, 0.1) is 11.0 Å². The molecular weight excluding hydrogens is 299 g/mol. The van der Waals surface area contributed by atoms with Crippen molar-refractivity contribution in [3.8, 4) is 0 Å². The average Bonchev–Trinajstić information content (AvgIpc) is 2.97. The fourth-order valence-electron chi connectivity index (χ4n) is 2.73. The summed E-state index contributed by atoms with van der Waals surface area (Å²) in [5, 5.41) is 10.8. The van der Waals surface area contributed by atoms with Gasteiger partial charge in [-0.1, -0.05) is 12.8 Å². The van der Waals surface area contributed by atoms with Crippen LogP contribution in [0, 0.1) is 15.9 Å². The highest BCUT2D eigenvalue weighted by atomic mass is 35.5. The van der Waals surface area contributed by atoms with Crippen molar-refractivity contribution in [1.29, 1.82) is 0 Å². The van der Waals surface area contributed by atoms with Gasteiger partial charge in [0.1, 0.15) is 5.82 Å². The van der Waals surface area contributed by atoms with Crippen molar-refractivity contribution in [1.82, 2.24) is 4.90 Å². The highest BCUT2D eigenvalue weighted by Crippen LogP contribution is 2.26. The fourth-order valence-corrected chi connectivity index (χ4v) is 2.91. The Morgan fingerprint density at radius 2 is 2.05 bits per heavy atom. The molecular formula is C14H16ClFN2O3. The second kappa shape index (κ2) is 6.85. The van der Waals surface area contributed by atoms with Gasteiger partial charge >= 0.3 is 0 Å². The molecule has 2 rings (SSSR count). The zero-order valence-corrected chi connectivity index (χ0v) is 12.2. The number of halogens is 2. The lowest BCUT2D eigenvalue weighted by atomic mass is 10.1. The first-order valence-corrected chi connectivity index (χ1v) is 7.38. The van der Waals surface area contributed by atoms with Gasteiger partial charge in [0, 0.05) is 30.1 Å². The summed E-state index contributed by atoms with van der Waals surface area (Å²) < 4.78 is 13.5. The van der Waals surface area contributed by atoms with Gasteiger partial charge < -0.3 is 4.90 Å². The largest absolute Gasteiger partial charge is 0.334 e. The van der Waals surface area contributed by atoms with Crippen molar-refractivity contribution in [2.75, 3.05) is 12.4 Å². The SMILES string of the molecule is O=C(c1cc(F)cc([N+](=O)[O-])c1)N(CCCl)C1CCCC1. The molecule has 1 saturated carbocycles. The molecule has 0 aliphatic heterocycles. The number of alkyl halides is 1. The summed E-state index contributed by atoms with van der Waals surface area (Å²) in [6.45, 7) is 0.357. The van der Waals surface area contributed by atoms with E-state index in [9.17, 15) is 19.3 Å². The monoisotopic (exact) mass is 314 g/mol. The molecule has 1 fully saturated rings. The van der Waals surface area contributed by atoms with Crippen LogP contribution in [0.2, 0.25) is 0 Å². The van der Waals surface area contributed by atoms with Crippen LogP contribution in [0.25, 0.3) is 0 Å². The molecule has 1 aliphatic rings. The zero-order valence-electron chi connectivity index (χ0n) is 11.4. The quantitative estimate of drug-likeness (QED) is 0.475. The number of hydrogen-bond acceptors (Lipinski definition) is 3. The van der Waals surface area contributed by atoms with Crippen LogP contribution in [-0.2, 0) is 0 Å². The van der Waals surface area contributed by atoms with E-state index in [1.165, 1.54) is 0 Å². The predicted octanol–water partition coefficient (Wildman–Crippen LogP) is 3.36. The third-order valence-electron chi connectivity index (χ3n) is 3.69. The first-order valence-electron chi connectivity index (χ1n) is 6.85. The molecule has 21 heavy (non-hydrogen) atoms. The Hall–Kier alpha value is -1.69. The Morgan fingerprint density at radius 3 is 2.62 bits per heavy atom. The van der Waals surface area contributed by atoms with Gasteiger partial charge in [0.15, 0.2) is 0 Å². The lowest BCUT2D eigenvalue weighted by Crippen LogP contribution is -2.40. The highest BCUT2D eigenvalue weighted by Gasteiger charge is 2.28. The second-order valence-electron chi connectivity index (χ2n) is 5.08. The van der Waals surface area contributed by atoms with Gasteiger partial charge in [-0.2, -0.15) is 0 Å². The molecule has 7 heteroatoms. The lowest BCUT2D eigenvalue weighted by molar-refractivity contribution is -0.385. The molecule has 0 aromatic heterocycles. The summed E-state index contributed by atoms with van der Waals surface area (Å²) >= 11 is 5.74. The minimum absolute atomic E-state index is 0.00119. The van der Waals surface area contributed by atoms with E-state index < -0.39 is 22.3 Å². The Kier molecular flexibility index (Phi) is 5.12. The topological polar surface area (TPSA) is 63.4 Å². The average molecular weight is 315 g/mol. The number of nitro benzene ring substituents is 1. The van der Waals surface area contributed by atoms with Crippen LogP contribution >= 0.6 is 11.6 Å². The van der Waals surface area contributed by atoms with E-state index in [0.29, 0.717) is 6.54 Å². The summed E-state index contributed by atoms with van der Waals surface area (Å²) in [7, 11) is 0. The molecule has 1 amide bonds. The van der Waals surface area contributed by atoms with Crippen LogP contribution in [0.15, 0.2) is 18.2 Å². The minimum atomic E-state index is -0.787. The standard InChI is InChI=1S/C14H16ClFN2O3/c15-5-6-17(12-3-1-2-4-12)14(19)10-7-11(16)9-13(8-10)18(20)21/h7-9,12H,1-6H2. The van der Waals surface area contributed by atoms with E-state index in [1.54, 1.807) is 4.90 Å². The summed E-state index contributed by atoms with van der Waals surface area (Å²) in [6.07, 6.45) is 3.86. The number of nitro groups is 1. The maximum absolute atomic E-state index is 13.5. The number of nitrogens with zero attached hydrogens (tertiary/aromatic N) is 2. The third kappa shape index (κ3) is 3.69. The molecule has 0 saturated heterocycles. The van der Waals surface area contributed by atoms with Gasteiger partial charge in [0.25, 0.3) is 11.6 Å². The minimum Gasteiger partial charge on any atom is -0.334 e. The van der Waals surface area contributed by atoms with Crippen LogP contribution < -0.4 is 0 Å². The predicted molar refractivity (Wildman–Crippen MR) is 77.1 cm³/mol. The molecule has 0 radical (unpaired) electrons. The molecule has 114 valence electrons. The molecule has 0 unspecified atom stereocenters. The molecule has 5 nitrogen and oxygen atoms in total. The van der Waals surface area contributed by atoms with Gasteiger partial charge in [-0.3, -0.25) is 14.9 Å². The maximum atomic E-state index is 13.5. The normalized spacial score (nSPS) is 15.1. The third-order valence-corrected chi connectivity index (χ3v) is 3.86. The van der Waals surface area contributed by atoms with Gasteiger partial charge in [0.2, 0.25) is 0 Å². The summed E-state index contributed by atoms with van der Waals surface area (Å²) in [5.74, 6) is -0.908. The Morgan fingerprint density at radius 1 is 1.38 bits per heavy atom. The zero-order chi connectivity index (χ0) is 15.4. The Balaban J connectivity index is 2.29. The lowest BCUT2D eigenvalue weighted by Gasteiger charge is -2.28. The molecule has 0 bridgehead atoms. The smallest absolute Gasteiger partial charge is 0.273 e. The number of non-ortho nitro benzene ring substituents is 1. The van der Waals surface area contributed by atoms with Crippen molar-refractivity contribution in [2.24, 2.45) is 0 Å². The number of amides is 1. The van der Waals surface area contributed by atoms with E-state index >= 15 is 0 Å². The maximum Gasteiger partial charge on any atom is 0.273 e. The van der Waals surface area contributed by atoms with E-state index in [4.69, 9.17) is 11.6 Å². The fraction of sp³-hybridized carbons (Fsp3) is 0.500. The van der Waals surface area contributed by atoms with Crippen LogP contribution in [-0.4, -0.2) is 34.2 Å². The molecule has 0 atom stereocenters. The van der Waals surface area contributed by atoms with Crippen LogP contribution in [0.3, 0.4) is 0 Å². The summed E-state index contributed by atoms with van der Waals surface area (Å²) in [4.78, 5) is 24.2. The van der Waals surface area contributed by atoms with Crippen molar-refractivity contribution >= 4 is 23.2 Å². The van der Waals surface area contributed by atoms with Crippen molar-refractivity contribution in [3.05, 3.63) is 39.7 Å². The number of rotatable bonds is 5. The van der Waals surface area contributed by atoms with E-state index in [1.807, 2.05) is 0 Å². The van der Waals surface area contributed by atoms with E-state index in [0.717, 1.165) is 43.9 Å².